The zero-order chi connectivity index (χ0) is 34.8. The van der Waals surface area contributed by atoms with Gasteiger partial charge in [-0.15, -0.1) is 22.7 Å². The van der Waals surface area contributed by atoms with Crippen LogP contribution in [0.25, 0.3) is 9.75 Å². The van der Waals surface area contributed by atoms with Crippen LogP contribution in [0.3, 0.4) is 0 Å². The molecular formula is C33H18N8O5S4. The highest BCUT2D eigenvalue weighted by molar-refractivity contribution is 8.01. The predicted molar refractivity (Wildman–Crippen MR) is 186 cm³/mol. The number of aliphatic imine (C=N–C) groups is 2. The lowest BCUT2D eigenvalue weighted by atomic mass is 9.90. The van der Waals surface area contributed by atoms with Gasteiger partial charge in [0.05, 0.1) is 25.1 Å². The number of rotatable bonds is 8. The van der Waals surface area contributed by atoms with Crippen LogP contribution in [0.4, 0.5) is 10.0 Å². The Hall–Kier alpha value is -5.82. The molecule has 3 aliphatic heterocycles. The lowest BCUT2D eigenvalue weighted by Crippen LogP contribution is -2.52. The SMILES string of the molecule is N#CC(C#N)=NC1Nc2sc3c(c2S1)OC(C(=O)OCc1ccccc1)(C(=O)OCc1ccccc1)c1c-3sc2c1SC(N=C(C#N)C#N)N2. The molecule has 13 nitrogen and oxygen atoms in total. The fourth-order valence-electron chi connectivity index (χ4n) is 5.20. The molecule has 0 bridgehead atoms. The fourth-order valence-corrected chi connectivity index (χ4v) is 10.4. The van der Waals surface area contributed by atoms with E-state index in [0.717, 1.165) is 23.5 Å². The number of esters is 2. The molecule has 17 heteroatoms. The second-order valence-corrected chi connectivity index (χ2v) is 14.6. The van der Waals surface area contributed by atoms with Crippen molar-refractivity contribution in [2.45, 2.75) is 39.6 Å². The average Bonchev–Trinajstić information content (AvgIpc) is 3.90. The minimum atomic E-state index is -2.46. The molecule has 0 fully saturated rings. The first-order valence-electron chi connectivity index (χ1n) is 14.5. The van der Waals surface area contributed by atoms with Crippen LogP contribution >= 0.6 is 46.2 Å². The summed E-state index contributed by atoms with van der Waals surface area (Å²) in [6, 6.07) is 24.9. The van der Waals surface area contributed by atoms with Crippen LogP contribution in [0.15, 0.2) is 80.4 Å². The molecule has 0 aliphatic carbocycles. The molecule has 4 aromatic rings. The zero-order valence-electron chi connectivity index (χ0n) is 25.2. The monoisotopic (exact) mass is 734 g/mol. The van der Waals surface area contributed by atoms with E-state index in [9.17, 15) is 30.6 Å². The van der Waals surface area contributed by atoms with Gasteiger partial charge < -0.3 is 24.8 Å². The number of hydrogen-bond donors (Lipinski definition) is 2. The third kappa shape index (κ3) is 5.79. The van der Waals surface area contributed by atoms with E-state index in [1.807, 2.05) is 12.1 Å². The molecule has 7 rings (SSSR count). The maximum absolute atomic E-state index is 14.6. The van der Waals surface area contributed by atoms with Crippen LogP contribution in [0, 0.1) is 45.3 Å². The summed E-state index contributed by atoms with van der Waals surface area (Å²) in [6.07, 6.45) is 0. The van der Waals surface area contributed by atoms with Crippen molar-refractivity contribution >= 4 is 79.6 Å². The van der Waals surface area contributed by atoms with Gasteiger partial charge in [0, 0.05) is 0 Å². The van der Waals surface area contributed by atoms with Crippen LogP contribution in [0.5, 0.6) is 5.75 Å². The Kier molecular flexibility index (Phi) is 8.89. The van der Waals surface area contributed by atoms with E-state index < -0.39 is 28.5 Å². The van der Waals surface area contributed by atoms with Crippen molar-refractivity contribution in [3.8, 4) is 39.8 Å². The standard InChI is InChI=1S/C33H18N8O5S4/c34-11-19(12-35)38-31-40-27-24(49-31)21-23(47-27)25-22(26-28(48-25)41-32(50-26)39-20(13-36)14-37)46-33(21,29(42)44-15-17-7-3-1-4-8-17)30(43)45-16-18-9-5-2-6-10-18/h1-10,31-32,40-41H,15-16H2. The van der Waals surface area contributed by atoms with E-state index in [2.05, 4.69) is 20.6 Å². The Morgan fingerprint density at radius 2 is 1.18 bits per heavy atom. The summed E-state index contributed by atoms with van der Waals surface area (Å²) in [5.41, 5.74) is -3.11. The Morgan fingerprint density at radius 3 is 1.68 bits per heavy atom. The molecule has 2 N–H and O–H groups in total. The number of carbonyl (C=O) groups is 2. The fraction of sp³-hybridized carbons (Fsp3) is 0.152. The minimum Gasteiger partial charge on any atom is -0.457 e. The molecule has 2 aromatic carbocycles. The Morgan fingerprint density at radius 1 is 0.720 bits per heavy atom. The molecule has 0 saturated carbocycles. The average molecular weight is 735 g/mol. The molecular weight excluding hydrogens is 717 g/mol. The molecule has 2 atom stereocenters. The number of nitrogens with one attached hydrogen (secondary N) is 2. The highest BCUT2D eigenvalue weighted by Gasteiger charge is 2.62. The van der Waals surface area contributed by atoms with E-state index in [1.165, 1.54) is 22.7 Å². The Bertz CT molecular complexity index is 2190. The normalized spacial score (nSPS) is 16.7. The number of nitriles is 4. The highest BCUT2D eigenvalue weighted by Crippen LogP contribution is 2.65. The van der Waals surface area contributed by atoms with E-state index in [0.29, 0.717) is 40.7 Å². The first kappa shape index (κ1) is 32.7. The molecule has 0 saturated heterocycles. The first-order valence-corrected chi connectivity index (χ1v) is 17.9. The summed E-state index contributed by atoms with van der Waals surface area (Å²) < 4.78 is 18.3. The number of thioether (sulfide) groups is 2. The van der Waals surface area contributed by atoms with Gasteiger partial charge in [-0.05, 0) is 11.1 Å². The van der Waals surface area contributed by atoms with Gasteiger partial charge in [-0.25, -0.2) is 19.6 Å². The number of nitrogens with zero attached hydrogens (tertiary/aromatic N) is 6. The lowest BCUT2D eigenvalue weighted by Gasteiger charge is -2.34. The maximum atomic E-state index is 14.6. The van der Waals surface area contributed by atoms with Crippen molar-refractivity contribution in [1.29, 1.82) is 21.0 Å². The summed E-state index contributed by atoms with van der Waals surface area (Å²) in [7, 11) is 0. The quantitative estimate of drug-likeness (QED) is 0.119. The van der Waals surface area contributed by atoms with Crippen molar-refractivity contribution in [1.82, 2.24) is 0 Å². The van der Waals surface area contributed by atoms with Crippen LogP contribution < -0.4 is 15.4 Å². The Balaban J connectivity index is 1.36. The molecule has 2 unspecified atom stereocenters. The summed E-state index contributed by atoms with van der Waals surface area (Å²) in [4.78, 5) is 39.6. The van der Waals surface area contributed by atoms with Gasteiger partial charge in [0.25, 0.3) is 0 Å². The number of benzene rings is 2. The second-order valence-electron chi connectivity index (χ2n) is 10.4. The third-order valence-electron chi connectivity index (χ3n) is 7.39. The molecule has 0 spiro atoms. The largest absolute Gasteiger partial charge is 0.457 e. The van der Waals surface area contributed by atoms with Crippen LogP contribution in [0.1, 0.15) is 16.7 Å². The van der Waals surface area contributed by atoms with Gasteiger partial charge in [0.15, 0.2) is 16.7 Å². The van der Waals surface area contributed by atoms with Gasteiger partial charge >= 0.3 is 17.5 Å². The van der Waals surface area contributed by atoms with E-state index in [-0.39, 0.29) is 36.0 Å². The topological polar surface area (TPSA) is 206 Å². The number of hydrogen-bond acceptors (Lipinski definition) is 17. The number of anilines is 2. The number of fused-ring (bicyclic) bond motifs is 7. The van der Waals surface area contributed by atoms with Gasteiger partial charge in [-0.2, -0.15) is 21.0 Å². The van der Waals surface area contributed by atoms with Gasteiger partial charge in [0.2, 0.25) is 11.4 Å². The molecule has 50 heavy (non-hydrogen) atoms. The summed E-state index contributed by atoms with van der Waals surface area (Å²) >= 11 is 4.83. The number of thiophene rings is 2. The van der Waals surface area contributed by atoms with Crippen molar-refractivity contribution in [3.63, 3.8) is 0 Å². The number of ether oxygens (including phenoxy) is 3. The molecule has 5 heterocycles. The highest BCUT2D eigenvalue weighted by atomic mass is 32.2. The third-order valence-corrected chi connectivity index (χ3v) is 12.2. The molecule has 0 radical (unpaired) electrons. The molecule has 0 amide bonds. The van der Waals surface area contributed by atoms with Crippen molar-refractivity contribution in [2.75, 3.05) is 10.6 Å². The van der Waals surface area contributed by atoms with Gasteiger partial charge in [0.1, 0.15) is 47.5 Å². The first-order chi connectivity index (χ1) is 24.4. The second kappa shape index (κ2) is 13.6. The van der Waals surface area contributed by atoms with Gasteiger partial charge in [-0.1, -0.05) is 84.2 Å². The van der Waals surface area contributed by atoms with Crippen LogP contribution in [-0.2, 0) is 37.9 Å². The minimum absolute atomic E-state index is 0.169. The van der Waals surface area contributed by atoms with E-state index in [1.54, 1.807) is 72.8 Å². The molecule has 244 valence electrons. The smallest absolute Gasteiger partial charge is 0.367 e. The summed E-state index contributed by atoms with van der Waals surface area (Å²) in [6.45, 7) is -0.339. The van der Waals surface area contributed by atoms with E-state index in [4.69, 9.17) is 14.2 Å². The van der Waals surface area contributed by atoms with Gasteiger partial charge in [-0.3, -0.25) is 0 Å². The van der Waals surface area contributed by atoms with E-state index >= 15 is 0 Å². The summed E-state index contributed by atoms with van der Waals surface area (Å²) in [5, 5.41) is 44.6. The van der Waals surface area contributed by atoms with Crippen molar-refractivity contribution < 1.29 is 23.8 Å². The zero-order valence-corrected chi connectivity index (χ0v) is 28.5. The number of carbonyl (C=O) groups excluding carboxylic acids is 2. The van der Waals surface area contributed by atoms with Crippen LogP contribution in [0.2, 0.25) is 0 Å². The Labute approximate surface area is 300 Å². The maximum Gasteiger partial charge on any atom is 0.367 e. The van der Waals surface area contributed by atoms with Crippen molar-refractivity contribution in [2.24, 2.45) is 9.98 Å². The van der Waals surface area contributed by atoms with Crippen LogP contribution in [-0.4, -0.2) is 34.4 Å². The predicted octanol–water partition coefficient (Wildman–Crippen LogP) is 6.13. The van der Waals surface area contributed by atoms with Crippen molar-refractivity contribution in [3.05, 3.63) is 77.4 Å². The molecule has 2 aromatic heterocycles. The summed E-state index contributed by atoms with van der Waals surface area (Å²) in [5.74, 6) is -1.82. The lowest BCUT2D eigenvalue weighted by molar-refractivity contribution is -0.184. The molecule has 3 aliphatic rings.